The fourth-order valence-electron chi connectivity index (χ4n) is 2.69. The standard InChI is InChI=1S/C18H37N.C5H14NO/c1-2-3-4-5-6-7-8-9-10-11-12-13-14-15-16-17-18-19;1-6(2,3)4-5-7/h9-10H,2-8,11-19H2,1H3;7H,4-5H2,1-3H3/q;+1/b10-9-;. The van der Waals surface area contributed by atoms with Crippen molar-refractivity contribution < 1.29 is 9.59 Å². The van der Waals surface area contributed by atoms with Crippen LogP contribution in [0.15, 0.2) is 12.2 Å². The van der Waals surface area contributed by atoms with E-state index in [0.717, 1.165) is 17.6 Å². The van der Waals surface area contributed by atoms with E-state index in [1.165, 1.54) is 89.9 Å². The minimum Gasteiger partial charge on any atom is -0.391 e. The van der Waals surface area contributed by atoms with E-state index in [0.29, 0.717) is 0 Å². The summed E-state index contributed by atoms with van der Waals surface area (Å²) in [5.74, 6) is 0. The summed E-state index contributed by atoms with van der Waals surface area (Å²) in [6.45, 7) is 4.26. The maximum absolute atomic E-state index is 8.39. The maximum Gasteiger partial charge on any atom is 0.101 e. The number of rotatable bonds is 17. The Bertz CT molecular complexity index is 272. The zero-order valence-corrected chi connectivity index (χ0v) is 18.6. The quantitative estimate of drug-likeness (QED) is 0.197. The summed E-state index contributed by atoms with van der Waals surface area (Å²) < 4.78 is 0.844. The van der Waals surface area contributed by atoms with Gasteiger partial charge in [-0.3, -0.25) is 0 Å². The molecule has 0 rings (SSSR count). The van der Waals surface area contributed by atoms with Crippen molar-refractivity contribution in [2.45, 2.75) is 96.8 Å². The highest BCUT2D eigenvalue weighted by Crippen LogP contribution is 2.09. The van der Waals surface area contributed by atoms with E-state index in [-0.39, 0.29) is 6.61 Å². The van der Waals surface area contributed by atoms with Crippen molar-refractivity contribution in [1.82, 2.24) is 0 Å². The van der Waals surface area contributed by atoms with Gasteiger partial charge in [0.05, 0.1) is 27.7 Å². The molecule has 0 unspecified atom stereocenters. The van der Waals surface area contributed by atoms with Crippen LogP contribution < -0.4 is 5.73 Å². The first-order valence-electron chi connectivity index (χ1n) is 11.2. The number of aliphatic hydroxyl groups is 1. The zero-order chi connectivity index (χ0) is 19.9. The van der Waals surface area contributed by atoms with Crippen molar-refractivity contribution in [3.63, 3.8) is 0 Å². The number of nitrogens with zero attached hydrogens (tertiary/aromatic N) is 1. The first-order chi connectivity index (χ1) is 12.5. The molecule has 0 spiro atoms. The fraction of sp³-hybridized carbons (Fsp3) is 0.913. The van der Waals surface area contributed by atoms with Gasteiger partial charge in [-0.15, -0.1) is 0 Å². The van der Waals surface area contributed by atoms with E-state index in [9.17, 15) is 0 Å². The molecule has 3 N–H and O–H groups in total. The number of hydrogen-bond donors (Lipinski definition) is 2. The van der Waals surface area contributed by atoms with Crippen molar-refractivity contribution in [3.8, 4) is 0 Å². The van der Waals surface area contributed by atoms with Gasteiger partial charge in [-0.25, -0.2) is 0 Å². The lowest BCUT2D eigenvalue weighted by Gasteiger charge is -2.21. The van der Waals surface area contributed by atoms with Crippen molar-refractivity contribution >= 4 is 0 Å². The number of aliphatic hydroxyl groups excluding tert-OH is 1. The smallest absolute Gasteiger partial charge is 0.101 e. The molecular formula is C23H51N2O+. The first kappa shape index (κ1) is 27.8. The molecular weight excluding hydrogens is 320 g/mol. The first-order valence-corrected chi connectivity index (χ1v) is 11.2. The van der Waals surface area contributed by atoms with Crippen molar-refractivity contribution in [2.75, 3.05) is 40.8 Å². The van der Waals surface area contributed by atoms with Gasteiger partial charge in [0.25, 0.3) is 0 Å². The number of quaternary nitrogens is 1. The van der Waals surface area contributed by atoms with Crippen molar-refractivity contribution in [1.29, 1.82) is 0 Å². The highest BCUT2D eigenvalue weighted by molar-refractivity contribution is 4.81. The lowest BCUT2D eigenvalue weighted by molar-refractivity contribution is -0.870. The monoisotopic (exact) mass is 371 g/mol. The number of likely N-dealkylation sites (N-methyl/N-ethyl adjacent to an activating group) is 1. The molecule has 3 heteroatoms. The summed E-state index contributed by atoms with van der Waals surface area (Å²) in [5, 5.41) is 8.39. The SMILES string of the molecule is CCCCCCCC/C=C\CCCCCCCCN.C[N+](C)(C)CCO. The predicted molar refractivity (Wildman–Crippen MR) is 118 cm³/mol. The zero-order valence-electron chi connectivity index (χ0n) is 18.6. The molecule has 0 aromatic carbocycles. The van der Waals surface area contributed by atoms with Crippen molar-refractivity contribution in [2.24, 2.45) is 5.73 Å². The van der Waals surface area contributed by atoms with Gasteiger partial charge in [0.2, 0.25) is 0 Å². The molecule has 0 aliphatic carbocycles. The van der Waals surface area contributed by atoms with E-state index in [2.05, 4.69) is 40.2 Å². The van der Waals surface area contributed by atoms with E-state index in [1.54, 1.807) is 0 Å². The Morgan fingerprint density at radius 3 is 1.46 bits per heavy atom. The average molecular weight is 372 g/mol. The number of allylic oxidation sites excluding steroid dienone is 2. The van der Waals surface area contributed by atoms with Gasteiger partial charge >= 0.3 is 0 Å². The van der Waals surface area contributed by atoms with Gasteiger partial charge in [-0.05, 0) is 38.6 Å². The van der Waals surface area contributed by atoms with Crippen LogP contribution in [-0.4, -0.2) is 50.4 Å². The van der Waals surface area contributed by atoms with Crippen LogP contribution in [0.2, 0.25) is 0 Å². The number of unbranched alkanes of at least 4 members (excludes halogenated alkanes) is 12. The molecule has 0 aliphatic rings. The second kappa shape index (κ2) is 22.7. The fourth-order valence-corrected chi connectivity index (χ4v) is 2.69. The molecule has 26 heavy (non-hydrogen) atoms. The Balaban J connectivity index is 0. The summed E-state index contributed by atoms with van der Waals surface area (Å²) in [7, 11) is 6.16. The summed E-state index contributed by atoms with van der Waals surface area (Å²) in [4.78, 5) is 0. The highest BCUT2D eigenvalue weighted by atomic mass is 16.3. The normalized spacial score (nSPS) is 11.6. The summed E-state index contributed by atoms with van der Waals surface area (Å²) in [5.41, 5.74) is 5.47. The highest BCUT2D eigenvalue weighted by Gasteiger charge is 2.02. The molecule has 0 saturated heterocycles. The lowest BCUT2D eigenvalue weighted by atomic mass is 10.1. The Kier molecular flexibility index (Phi) is 24.3. The molecule has 3 nitrogen and oxygen atoms in total. The third kappa shape index (κ3) is 31.4. The molecule has 0 fully saturated rings. The minimum absolute atomic E-state index is 0.281. The van der Waals surface area contributed by atoms with Gasteiger partial charge in [-0.1, -0.05) is 76.9 Å². The Hall–Kier alpha value is -0.380. The molecule has 158 valence electrons. The van der Waals surface area contributed by atoms with Crippen LogP contribution in [0.3, 0.4) is 0 Å². The van der Waals surface area contributed by atoms with E-state index in [1.807, 2.05) is 0 Å². The number of hydrogen-bond acceptors (Lipinski definition) is 2. The van der Waals surface area contributed by atoms with Gasteiger partial charge in [0.1, 0.15) is 6.54 Å². The predicted octanol–water partition coefficient (Wildman–Crippen LogP) is 5.67. The van der Waals surface area contributed by atoms with Gasteiger partial charge in [-0.2, -0.15) is 0 Å². The van der Waals surface area contributed by atoms with Crippen LogP contribution in [0.1, 0.15) is 96.8 Å². The number of nitrogens with two attached hydrogens (primary N) is 1. The molecule has 0 atom stereocenters. The van der Waals surface area contributed by atoms with E-state index in [4.69, 9.17) is 10.8 Å². The third-order valence-electron chi connectivity index (χ3n) is 4.49. The molecule has 0 saturated carbocycles. The van der Waals surface area contributed by atoms with Gasteiger partial charge in [0, 0.05) is 0 Å². The topological polar surface area (TPSA) is 46.2 Å². The van der Waals surface area contributed by atoms with Crippen LogP contribution >= 0.6 is 0 Å². The van der Waals surface area contributed by atoms with Crippen LogP contribution in [0.25, 0.3) is 0 Å². The summed E-state index contributed by atoms with van der Waals surface area (Å²) in [6.07, 6.45) is 23.9. The Morgan fingerprint density at radius 2 is 1.12 bits per heavy atom. The Labute approximate surface area is 165 Å². The summed E-state index contributed by atoms with van der Waals surface area (Å²) in [6, 6.07) is 0. The molecule has 0 aromatic heterocycles. The molecule has 0 heterocycles. The van der Waals surface area contributed by atoms with E-state index >= 15 is 0 Å². The van der Waals surface area contributed by atoms with Crippen LogP contribution in [-0.2, 0) is 0 Å². The maximum atomic E-state index is 8.39. The Morgan fingerprint density at radius 1 is 0.692 bits per heavy atom. The third-order valence-corrected chi connectivity index (χ3v) is 4.49. The van der Waals surface area contributed by atoms with Gasteiger partial charge < -0.3 is 15.3 Å². The molecule has 0 bridgehead atoms. The van der Waals surface area contributed by atoms with Crippen LogP contribution in [0.5, 0.6) is 0 Å². The van der Waals surface area contributed by atoms with Crippen molar-refractivity contribution in [3.05, 3.63) is 12.2 Å². The molecule has 0 radical (unpaired) electrons. The largest absolute Gasteiger partial charge is 0.391 e. The van der Waals surface area contributed by atoms with Crippen LogP contribution in [0, 0.1) is 0 Å². The second-order valence-electron chi connectivity index (χ2n) is 8.46. The average Bonchev–Trinajstić information content (AvgIpc) is 2.58. The minimum atomic E-state index is 0.281. The molecule has 0 amide bonds. The molecule has 0 aromatic rings. The van der Waals surface area contributed by atoms with E-state index < -0.39 is 0 Å². The lowest BCUT2D eigenvalue weighted by Crippen LogP contribution is -2.36. The van der Waals surface area contributed by atoms with Crippen LogP contribution in [0.4, 0.5) is 0 Å². The van der Waals surface area contributed by atoms with Gasteiger partial charge in [0.15, 0.2) is 0 Å². The second-order valence-corrected chi connectivity index (χ2v) is 8.46. The summed E-state index contributed by atoms with van der Waals surface area (Å²) >= 11 is 0. The molecule has 0 aliphatic heterocycles.